The summed E-state index contributed by atoms with van der Waals surface area (Å²) < 4.78 is 7.58. The van der Waals surface area contributed by atoms with Gasteiger partial charge in [0.1, 0.15) is 12.4 Å². The zero-order valence-electron chi connectivity index (χ0n) is 16.1. The monoisotopic (exact) mass is 415 g/mol. The molecule has 2 aromatic carbocycles. The van der Waals surface area contributed by atoms with Crippen LogP contribution in [-0.4, -0.2) is 25.8 Å². The highest BCUT2D eigenvalue weighted by Crippen LogP contribution is 2.25. The second-order valence-corrected chi connectivity index (χ2v) is 8.12. The number of ketones is 1. The van der Waals surface area contributed by atoms with Gasteiger partial charge in [-0.25, -0.2) is 0 Å². The molecule has 0 amide bonds. The molecule has 28 heavy (non-hydrogen) atoms. The molecule has 146 valence electrons. The van der Waals surface area contributed by atoms with Crippen molar-refractivity contribution in [1.82, 2.24) is 14.8 Å². The lowest BCUT2D eigenvalue weighted by Crippen LogP contribution is -2.14. The van der Waals surface area contributed by atoms with Gasteiger partial charge in [-0.3, -0.25) is 4.79 Å². The zero-order chi connectivity index (χ0) is 20.1. The fraction of sp³-hybridized carbons (Fsp3) is 0.286. The quantitative estimate of drug-likeness (QED) is 0.384. The Bertz CT molecular complexity index is 939. The van der Waals surface area contributed by atoms with Crippen LogP contribution in [0, 0.1) is 0 Å². The Morgan fingerprint density at radius 3 is 2.46 bits per heavy atom. The third-order valence-corrected chi connectivity index (χ3v) is 5.79. The van der Waals surface area contributed by atoms with Crippen molar-refractivity contribution < 1.29 is 9.53 Å². The lowest BCUT2D eigenvalue weighted by molar-refractivity contribution is 0.0994. The molecule has 1 heterocycles. The van der Waals surface area contributed by atoms with Gasteiger partial charge in [-0.1, -0.05) is 54.6 Å². The molecule has 0 N–H and O–H groups in total. The highest BCUT2D eigenvalue weighted by molar-refractivity contribution is 8.00. The van der Waals surface area contributed by atoms with E-state index in [0.717, 1.165) is 6.42 Å². The van der Waals surface area contributed by atoms with Crippen LogP contribution < -0.4 is 4.74 Å². The van der Waals surface area contributed by atoms with E-state index in [1.807, 2.05) is 42.8 Å². The van der Waals surface area contributed by atoms with Crippen molar-refractivity contribution in [1.29, 1.82) is 0 Å². The summed E-state index contributed by atoms with van der Waals surface area (Å²) in [7, 11) is 1.87. The smallest absolute Gasteiger partial charge is 0.191 e. The number of hydrogen-bond donors (Lipinski definition) is 0. The van der Waals surface area contributed by atoms with Gasteiger partial charge in [0.2, 0.25) is 0 Å². The van der Waals surface area contributed by atoms with E-state index in [4.69, 9.17) is 16.3 Å². The SMILES string of the molecule is CCc1ccc(C(=O)[C@@H](C)Sc2nnc(COc3ccc(Cl)cc3)n2C)cc1. The molecular weight excluding hydrogens is 394 g/mol. The predicted octanol–water partition coefficient (Wildman–Crippen LogP) is 4.97. The maximum atomic E-state index is 12.7. The van der Waals surface area contributed by atoms with Crippen molar-refractivity contribution in [3.63, 3.8) is 0 Å². The third-order valence-electron chi connectivity index (χ3n) is 4.40. The summed E-state index contributed by atoms with van der Waals surface area (Å²) in [6.07, 6.45) is 0.957. The van der Waals surface area contributed by atoms with Crippen LogP contribution in [0.3, 0.4) is 0 Å². The van der Waals surface area contributed by atoms with Gasteiger partial charge in [0, 0.05) is 17.6 Å². The number of Topliss-reactive ketones (excluding diaryl/α,β-unsaturated/α-hetero) is 1. The summed E-state index contributed by atoms with van der Waals surface area (Å²) in [5.41, 5.74) is 1.93. The van der Waals surface area contributed by atoms with Crippen LogP contribution >= 0.6 is 23.4 Å². The summed E-state index contributed by atoms with van der Waals surface area (Å²) in [4.78, 5) is 12.7. The Labute approximate surface area is 174 Å². The highest BCUT2D eigenvalue weighted by Gasteiger charge is 2.20. The van der Waals surface area contributed by atoms with Crippen LogP contribution in [0.4, 0.5) is 0 Å². The number of nitrogens with zero attached hydrogens (tertiary/aromatic N) is 3. The normalized spacial score (nSPS) is 12.0. The average Bonchev–Trinajstić information content (AvgIpc) is 3.06. The number of hydrogen-bond acceptors (Lipinski definition) is 5. The number of halogens is 1. The molecule has 3 aromatic rings. The van der Waals surface area contributed by atoms with E-state index >= 15 is 0 Å². The standard InChI is InChI=1S/C21H22ClN3O2S/c1-4-15-5-7-16(8-6-15)20(26)14(2)28-21-24-23-19(25(21)3)13-27-18-11-9-17(22)10-12-18/h5-12,14H,4,13H2,1-3H3/t14-/m1/s1. The van der Waals surface area contributed by atoms with Crippen molar-refractivity contribution in [2.75, 3.05) is 0 Å². The number of thioether (sulfide) groups is 1. The van der Waals surface area contributed by atoms with E-state index in [9.17, 15) is 4.79 Å². The van der Waals surface area contributed by atoms with Crippen LogP contribution in [0.5, 0.6) is 5.75 Å². The van der Waals surface area contributed by atoms with Crippen molar-refractivity contribution in [3.05, 3.63) is 70.5 Å². The molecule has 5 nitrogen and oxygen atoms in total. The van der Waals surface area contributed by atoms with E-state index in [0.29, 0.717) is 27.3 Å². The molecule has 0 aliphatic carbocycles. The molecule has 0 spiro atoms. The molecule has 0 saturated carbocycles. The molecule has 3 rings (SSSR count). The topological polar surface area (TPSA) is 57.0 Å². The number of rotatable bonds is 8. The molecule has 0 fully saturated rings. The number of carbonyl (C=O) groups excluding carboxylic acids is 1. The second kappa shape index (κ2) is 9.26. The van der Waals surface area contributed by atoms with Crippen molar-refractivity contribution >= 4 is 29.1 Å². The first-order chi connectivity index (χ1) is 13.5. The number of aromatic nitrogens is 3. The van der Waals surface area contributed by atoms with E-state index in [1.54, 1.807) is 24.3 Å². The second-order valence-electron chi connectivity index (χ2n) is 6.38. The number of ether oxygens (including phenoxy) is 1. The minimum atomic E-state index is -0.264. The van der Waals surface area contributed by atoms with Gasteiger partial charge in [0.25, 0.3) is 0 Å². The average molecular weight is 416 g/mol. The summed E-state index contributed by atoms with van der Waals surface area (Å²) in [5.74, 6) is 1.47. The maximum absolute atomic E-state index is 12.7. The molecule has 0 aliphatic heterocycles. The van der Waals surface area contributed by atoms with Crippen LogP contribution in [0.1, 0.15) is 35.6 Å². The first-order valence-corrected chi connectivity index (χ1v) is 10.3. The lowest BCUT2D eigenvalue weighted by atomic mass is 10.1. The Hall–Kier alpha value is -2.31. The van der Waals surface area contributed by atoms with Gasteiger partial charge in [-0.15, -0.1) is 10.2 Å². The van der Waals surface area contributed by atoms with E-state index in [1.165, 1.54) is 17.3 Å². The van der Waals surface area contributed by atoms with Gasteiger partial charge in [0.15, 0.2) is 16.8 Å². The molecule has 1 atom stereocenters. The van der Waals surface area contributed by atoms with Crippen LogP contribution in [0.2, 0.25) is 5.02 Å². The maximum Gasteiger partial charge on any atom is 0.191 e. The fourth-order valence-electron chi connectivity index (χ4n) is 2.60. The van der Waals surface area contributed by atoms with Crippen molar-refractivity contribution in [2.24, 2.45) is 7.05 Å². The molecule has 1 aromatic heterocycles. The van der Waals surface area contributed by atoms with Crippen molar-refractivity contribution in [2.45, 2.75) is 37.3 Å². The Morgan fingerprint density at radius 1 is 1.14 bits per heavy atom. The predicted molar refractivity (Wildman–Crippen MR) is 112 cm³/mol. The Kier molecular flexibility index (Phi) is 6.75. The van der Waals surface area contributed by atoms with Crippen LogP contribution in [-0.2, 0) is 20.1 Å². The number of aryl methyl sites for hydroxylation is 1. The molecule has 0 saturated heterocycles. The number of carbonyl (C=O) groups is 1. The lowest BCUT2D eigenvalue weighted by Gasteiger charge is -2.11. The minimum Gasteiger partial charge on any atom is -0.486 e. The first kappa shape index (κ1) is 20.4. The molecule has 0 aliphatic rings. The summed E-state index contributed by atoms with van der Waals surface area (Å²) in [6.45, 7) is 4.27. The Balaban J connectivity index is 1.62. The fourth-order valence-corrected chi connectivity index (χ4v) is 3.64. The van der Waals surface area contributed by atoms with Gasteiger partial charge in [0.05, 0.1) is 5.25 Å². The largest absolute Gasteiger partial charge is 0.486 e. The van der Waals surface area contributed by atoms with E-state index < -0.39 is 0 Å². The van der Waals surface area contributed by atoms with Crippen molar-refractivity contribution in [3.8, 4) is 5.75 Å². The molecule has 7 heteroatoms. The van der Waals surface area contributed by atoms with Gasteiger partial charge < -0.3 is 9.30 Å². The molecule has 0 unspecified atom stereocenters. The van der Waals surface area contributed by atoms with Gasteiger partial charge in [-0.05, 0) is 43.2 Å². The number of benzene rings is 2. The summed E-state index contributed by atoms with van der Waals surface area (Å²) in [5, 5.41) is 9.47. The van der Waals surface area contributed by atoms with Gasteiger partial charge >= 0.3 is 0 Å². The first-order valence-electron chi connectivity index (χ1n) is 9.04. The minimum absolute atomic E-state index is 0.0783. The Morgan fingerprint density at radius 2 is 1.82 bits per heavy atom. The zero-order valence-corrected chi connectivity index (χ0v) is 17.6. The molecule has 0 radical (unpaired) electrons. The van der Waals surface area contributed by atoms with E-state index in [2.05, 4.69) is 17.1 Å². The summed E-state index contributed by atoms with van der Waals surface area (Å²) in [6, 6.07) is 14.9. The van der Waals surface area contributed by atoms with Crippen LogP contribution in [0.15, 0.2) is 53.7 Å². The molecule has 0 bridgehead atoms. The van der Waals surface area contributed by atoms with Gasteiger partial charge in [-0.2, -0.15) is 0 Å². The molecular formula is C21H22ClN3O2S. The summed E-state index contributed by atoms with van der Waals surface area (Å²) >= 11 is 7.27. The highest BCUT2D eigenvalue weighted by atomic mass is 35.5. The van der Waals surface area contributed by atoms with Crippen LogP contribution in [0.25, 0.3) is 0 Å². The third kappa shape index (κ3) is 4.94. The van der Waals surface area contributed by atoms with E-state index in [-0.39, 0.29) is 17.6 Å².